The number of aromatic nitrogens is 1. The molecule has 1 saturated heterocycles. The number of amides is 1. The average molecular weight is 551 g/mol. The fraction of sp³-hybridized carbons (Fsp3) is 0.424. The standard InChI is InChI=1S/C17H23N.C8H12N2.C5H7NO3.C3H8/c1-4-7-16(6-3)17-10-8-15(9-11-17)12-14-18-13-5-2;1-9-7-5-8-4-2-3-6-10-8;7-2-1-6-5(8)4-3-9-4;1-3-2/h4,6-11,18H,1,3,5,12-14H2,2H3;2-4,6,9H,5,7H2,1H3;2,4H,1,3H2,(H,6,8);3H2,1-2H3/b16-7+;;;/t;;4-;/m..1./s1. The number of carbonyl (C=O) groups excluding carboxylic acids is 2. The Hall–Kier alpha value is -3.39. The van der Waals surface area contributed by atoms with Gasteiger partial charge >= 0.3 is 0 Å². The maximum Gasteiger partial charge on any atom is 0.251 e. The molecule has 1 fully saturated rings. The molecule has 1 amide bonds. The first kappa shape index (κ1) is 36.6. The van der Waals surface area contributed by atoms with Crippen LogP contribution in [-0.2, 0) is 27.2 Å². The minimum Gasteiger partial charge on any atom is -0.363 e. The molecule has 0 radical (unpaired) electrons. The monoisotopic (exact) mass is 550 g/mol. The Labute approximate surface area is 242 Å². The van der Waals surface area contributed by atoms with Gasteiger partial charge in [0.05, 0.1) is 13.2 Å². The van der Waals surface area contributed by atoms with Crippen LogP contribution >= 0.6 is 0 Å². The summed E-state index contributed by atoms with van der Waals surface area (Å²) < 4.78 is 4.64. The Balaban J connectivity index is 0.000000583. The fourth-order valence-corrected chi connectivity index (χ4v) is 3.06. The minimum absolute atomic E-state index is 0.0820. The number of epoxide rings is 1. The lowest BCUT2D eigenvalue weighted by molar-refractivity contribution is -0.123. The largest absolute Gasteiger partial charge is 0.363 e. The van der Waals surface area contributed by atoms with E-state index in [4.69, 9.17) is 0 Å². The quantitative estimate of drug-likeness (QED) is 0.133. The van der Waals surface area contributed by atoms with Crippen LogP contribution in [0.15, 0.2) is 80.0 Å². The summed E-state index contributed by atoms with van der Waals surface area (Å²) >= 11 is 0. The highest BCUT2D eigenvalue weighted by molar-refractivity contribution is 5.84. The number of likely N-dealkylation sites (N-methyl/N-ethyl adjacent to an activating group) is 1. The molecule has 7 heteroatoms. The van der Waals surface area contributed by atoms with Gasteiger partial charge in [-0.1, -0.05) is 88.9 Å². The zero-order valence-electron chi connectivity index (χ0n) is 25.0. The van der Waals surface area contributed by atoms with Gasteiger partial charge in [0.1, 0.15) is 6.29 Å². The highest BCUT2D eigenvalue weighted by Crippen LogP contribution is 2.16. The summed E-state index contributed by atoms with van der Waals surface area (Å²) in [6.45, 7) is 17.7. The van der Waals surface area contributed by atoms with Gasteiger partial charge in [-0.2, -0.15) is 0 Å². The molecule has 1 aliphatic heterocycles. The van der Waals surface area contributed by atoms with Crippen LogP contribution in [-0.4, -0.2) is 63.1 Å². The molecular weight excluding hydrogens is 500 g/mol. The van der Waals surface area contributed by atoms with Crippen molar-refractivity contribution in [2.45, 2.75) is 52.6 Å². The third-order valence-electron chi connectivity index (χ3n) is 5.16. The molecule has 3 rings (SSSR count). The van der Waals surface area contributed by atoms with Crippen LogP contribution < -0.4 is 16.0 Å². The Morgan fingerprint density at radius 1 is 1.05 bits per heavy atom. The van der Waals surface area contributed by atoms with Crippen molar-refractivity contribution in [3.05, 3.63) is 96.9 Å². The van der Waals surface area contributed by atoms with Crippen molar-refractivity contribution in [1.82, 2.24) is 20.9 Å². The van der Waals surface area contributed by atoms with Gasteiger partial charge in [0.2, 0.25) is 0 Å². The van der Waals surface area contributed by atoms with Crippen LogP contribution in [0.25, 0.3) is 5.57 Å². The molecular formula is C33H50N4O3. The van der Waals surface area contributed by atoms with E-state index in [9.17, 15) is 9.59 Å². The van der Waals surface area contributed by atoms with Gasteiger partial charge < -0.3 is 25.5 Å². The molecule has 1 aromatic heterocycles. The van der Waals surface area contributed by atoms with Gasteiger partial charge in [-0.25, -0.2) is 0 Å². The van der Waals surface area contributed by atoms with Gasteiger partial charge in [0.25, 0.3) is 5.91 Å². The molecule has 2 aromatic rings. The summed E-state index contributed by atoms with van der Waals surface area (Å²) in [6, 6.07) is 14.6. The molecule has 220 valence electrons. The first-order valence-electron chi connectivity index (χ1n) is 14.1. The summed E-state index contributed by atoms with van der Waals surface area (Å²) in [6.07, 6.45) is 12.3. The maximum atomic E-state index is 10.6. The highest BCUT2D eigenvalue weighted by Gasteiger charge is 2.30. The van der Waals surface area contributed by atoms with Gasteiger partial charge in [-0.15, -0.1) is 0 Å². The number of nitrogens with one attached hydrogen (secondary N) is 3. The van der Waals surface area contributed by atoms with Gasteiger partial charge in [0, 0.05) is 24.9 Å². The van der Waals surface area contributed by atoms with Crippen LogP contribution in [0.4, 0.5) is 0 Å². The molecule has 7 nitrogen and oxygen atoms in total. The number of benzene rings is 1. The molecule has 1 atom stereocenters. The normalized spacial score (nSPS) is 13.1. The number of pyridine rings is 1. The van der Waals surface area contributed by atoms with Crippen molar-refractivity contribution in [3.63, 3.8) is 0 Å². The average Bonchev–Trinajstić information content (AvgIpc) is 3.84. The number of aldehydes is 1. The number of ether oxygens (including phenoxy) is 1. The van der Waals surface area contributed by atoms with E-state index in [-0.39, 0.29) is 18.6 Å². The van der Waals surface area contributed by atoms with Crippen molar-refractivity contribution in [1.29, 1.82) is 0 Å². The molecule has 0 unspecified atom stereocenters. The van der Waals surface area contributed by atoms with Crippen LogP contribution in [0, 0.1) is 0 Å². The van der Waals surface area contributed by atoms with E-state index in [1.54, 1.807) is 6.08 Å². The smallest absolute Gasteiger partial charge is 0.251 e. The van der Waals surface area contributed by atoms with Crippen LogP contribution in [0.2, 0.25) is 0 Å². The maximum absolute atomic E-state index is 10.6. The topological polar surface area (TPSA) is 95.7 Å². The number of hydrogen-bond donors (Lipinski definition) is 3. The zero-order valence-corrected chi connectivity index (χ0v) is 25.0. The van der Waals surface area contributed by atoms with E-state index in [0.717, 1.165) is 43.7 Å². The SMILES string of the molecule is C=C/C=C(\C=C)c1ccc(CCNCCC)cc1.CCC.CNCCc1ccccn1.O=CCNC(=O)[C@H]1CO1. The second-order valence-electron chi connectivity index (χ2n) is 8.87. The van der Waals surface area contributed by atoms with Crippen molar-refractivity contribution >= 4 is 17.8 Å². The predicted molar refractivity (Wildman–Crippen MR) is 168 cm³/mol. The molecule has 0 bridgehead atoms. The first-order chi connectivity index (χ1) is 19.5. The molecule has 2 heterocycles. The highest BCUT2D eigenvalue weighted by atomic mass is 16.6. The molecule has 1 aromatic carbocycles. The lowest BCUT2D eigenvalue weighted by Gasteiger charge is -2.06. The summed E-state index contributed by atoms with van der Waals surface area (Å²) in [5, 5.41) is 8.85. The number of hydrogen-bond acceptors (Lipinski definition) is 6. The number of carbonyl (C=O) groups is 2. The summed E-state index contributed by atoms with van der Waals surface area (Å²) in [7, 11) is 1.95. The van der Waals surface area contributed by atoms with Crippen molar-refractivity contribution in [2.75, 3.05) is 39.8 Å². The molecule has 40 heavy (non-hydrogen) atoms. The Morgan fingerprint density at radius 2 is 1.75 bits per heavy atom. The second kappa shape index (κ2) is 25.9. The van der Waals surface area contributed by atoms with Crippen LogP contribution in [0.1, 0.15) is 50.4 Å². The van der Waals surface area contributed by atoms with E-state index in [0.29, 0.717) is 12.9 Å². The summed E-state index contributed by atoms with van der Waals surface area (Å²) in [4.78, 5) is 24.4. The Kier molecular flexibility index (Phi) is 23.7. The lowest BCUT2D eigenvalue weighted by Crippen LogP contribution is -2.29. The summed E-state index contributed by atoms with van der Waals surface area (Å²) in [5.41, 5.74) is 4.82. The second-order valence-corrected chi connectivity index (χ2v) is 8.87. The Morgan fingerprint density at radius 3 is 2.25 bits per heavy atom. The van der Waals surface area contributed by atoms with E-state index in [2.05, 4.69) is 83.9 Å². The minimum atomic E-state index is -0.287. The molecule has 0 saturated carbocycles. The van der Waals surface area contributed by atoms with E-state index < -0.39 is 0 Å². The molecule has 3 N–H and O–H groups in total. The van der Waals surface area contributed by atoms with E-state index >= 15 is 0 Å². The molecule has 0 spiro atoms. The van der Waals surface area contributed by atoms with E-state index in [1.165, 1.54) is 24.0 Å². The van der Waals surface area contributed by atoms with Crippen molar-refractivity contribution in [3.8, 4) is 0 Å². The predicted octanol–water partition coefficient (Wildman–Crippen LogP) is 4.94. The van der Waals surface area contributed by atoms with Crippen molar-refractivity contribution < 1.29 is 14.3 Å². The number of allylic oxidation sites excluding steroid dienone is 4. The fourth-order valence-electron chi connectivity index (χ4n) is 3.06. The number of nitrogens with zero attached hydrogens (tertiary/aromatic N) is 1. The van der Waals surface area contributed by atoms with Gasteiger partial charge in [-0.3, -0.25) is 9.78 Å². The van der Waals surface area contributed by atoms with E-state index in [1.807, 2.05) is 43.6 Å². The van der Waals surface area contributed by atoms with Gasteiger partial charge in [-0.05, 0) is 61.8 Å². The van der Waals surface area contributed by atoms with Crippen LogP contribution in [0.3, 0.4) is 0 Å². The first-order valence-corrected chi connectivity index (χ1v) is 14.1. The molecule has 1 aliphatic rings. The molecule has 0 aliphatic carbocycles. The number of rotatable bonds is 14. The third-order valence-corrected chi connectivity index (χ3v) is 5.16. The third kappa shape index (κ3) is 19.6. The summed E-state index contributed by atoms with van der Waals surface area (Å²) in [5.74, 6) is -0.192. The lowest BCUT2D eigenvalue weighted by atomic mass is 10.0. The van der Waals surface area contributed by atoms with Crippen molar-refractivity contribution in [2.24, 2.45) is 0 Å². The zero-order chi connectivity index (χ0) is 29.8. The van der Waals surface area contributed by atoms with Crippen LogP contribution in [0.5, 0.6) is 0 Å². The Bertz CT molecular complexity index is 955. The van der Waals surface area contributed by atoms with Gasteiger partial charge in [0.15, 0.2) is 6.10 Å².